The lowest BCUT2D eigenvalue weighted by Crippen LogP contribution is -2.39. The number of piperidine rings is 1. The number of benzene rings is 1. The van der Waals surface area contributed by atoms with Crippen LogP contribution in [0.1, 0.15) is 74.3 Å². The van der Waals surface area contributed by atoms with Crippen molar-refractivity contribution in [2.75, 3.05) is 33.4 Å². The molecule has 8 nitrogen and oxygen atoms in total. The number of aromatic nitrogens is 1. The molecule has 1 N–H and O–H groups in total. The van der Waals surface area contributed by atoms with E-state index in [1.54, 1.807) is 13.3 Å². The highest BCUT2D eigenvalue weighted by atomic mass is 19.4. The lowest BCUT2D eigenvalue weighted by Gasteiger charge is -2.34. The highest BCUT2D eigenvalue weighted by molar-refractivity contribution is 5.68. The number of alkyl halides is 3. The Bertz CT molecular complexity index is 1190. The third kappa shape index (κ3) is 7.75. The third-order valence-corrected chi connectivity index (χ3v) is 8.31. The Morgan fingerprint density at radius 3 is 2.39 bits per heavy atom. The van der Waals surface area contributed by atoms with Gasteiger partial charge in [0.1, 0.15) is 23.4 Å². The molecular formula is C30H37F3N2O6. The van der Waals surface area contributed by atoms with Gasteiger partial charge in [-0.25, -0.2) is 4.98 Å². The molecule has 1 saturated heterocycles. The predicted octanol–water partition coefficient (Wildman–Crippen LogP) is 5.94. The molecule has 1 aliphatic carbocycles. The van der Waals surface area contributed by atoms with E-state index in [1.807, 2.05) is 24.3 Å². The number of hydrogen-bond donors (Lipinski definition) is 1. The molecule has 0 radical (unpaired) electrons. The molecule has 1 aromatic heterocycles. The molecule has 0 bridgehead atoms. The van der Waals surface area contributed by atoms with E-state index < -0.39 is 18.7 Å². The summed E-state index contributed by atoms with van der Waals surface area (Å²) in [7, 11) is 1.60. The standard InChI is InChI=1S/C30H37F3N2O6/c1-38-23-6-7-24(19-8-11-35(12-9-19)18-30(31,32)33)26(15-23)40-21-2-4-22(5-3-21)41-28-16-25-20(14-29(36)37)10-13-39-27(25)17-34-28/h6-7,15-17,19-22H,2-5,8-14,18H2,1H3,(H,36,37). The largest absolute Gasteiger partial charge is 0.497 e. The van der Waals surface area contributed by atoms with Gasteiger partial charge in [-0.2, -0.15) is 13.2 Å². The molecule has 224 valence electrons. The van der Waals surface area contributed by atoms with E-state index in [4.69, 9.17) is 18.9 Å². The molecule has 1 atom stereocenters. The summed E-state index contributed by atoms with van der Waals surface area (Å²) in [4.78, 5) is 17.2. The molecule has 5 rings (SSSR count). The number of methoxy groups -OCH3 is 1. The zero-order valence-electron chi connectivity index (χ0n) is 23.2. The van der Waals surface area contributed by atoms with E-state index in [0.717, 1.165) is 42.6 Å². The third-order valence-electron chi connectivity index (χ3n) is 8.31. The topological polar surface area (TPSA) is 90.4 Å². The quantitative estimate of drug-likeness (QED) is 0.391. The van der Waals surface area contributed by atoms with Crippen LogP contribution in [0, 0.1) is 0 Å². The normalized spacial score (nSPS) is 23.8. The molecule has 0 amide bonds. The molecule has 41 heavy (non-hydrogen) atoms. The SMILES string of the molecule is COc1ccc(C2CCN(CC(F)(F)F)CC2)c(OC2CCC(Oc3cc4c(cn3)OCCC4CC(=O)O)CC2)c1. The molecule has 1 unspecified atom stereocenters. The number of fused-ring (bicyclic) bond motifs is 1. The van der Waals surface area contributed by atoms with E-state index in [2.05, 4.69) is 4.98 Å². The fourth-order valence-corrected chi connectivity index (χ4v) is 6.19. The minimum absolute atomic E-state index is 0.0177. The number of rotatable bonds is 9. The fourth-order valence-electron chi connectivity index (χ4n) is 6.19. The van der Waals surface area contributed by atoms with E-state index in [1.165, 1.54) is 4.90 Å². The lowest BCUT2D eigenvalue weighted by molar-refractivity contribution is -0.148. The van der Waals surface area contributed by atoms with Gasteiger partial charge >= 0.3 is 12.1 Å². The fraction of sp³-hybridized carbons (Fsp3) is 0.600. The molecule has 0 spiro atoms. The van der Waals surface area contributed by atoms with Crippen LogP contribution in [0.15, 0.2) is 30.5 Å². The van der Waals surface area contributed by atoms with E-state index in [9.17, 15) is 23.1 Å². The highest BCUT2D eigenvalue weighted by Crippen LogP contribution is 2.40. The van der Waals surface area contributed by atoms with Gasteiger partial charge in [0.2, 0.25) is 5.88 Å². The number of ether oxygens (including phenoxy) is 4. The van der Waals surface area contributed by atoms with Crippen LogP contribution in [0.5, 0.6) is 23.1 Å². The average molecular weight is 579 g/mol. The number of carbonyl (C=O) groups is 1. The smallest absolute Gasteiger partial charge is 0.401 e. The van der Waals surface area contributed by atoms with Crippen LogP contribution in [0.25, 0.3) is 0 Å². The van der Waals surface area contributed by atoms with Crippen molar-refractivity contribution in [1.82, 2.24) is 9.88 Å². The van der Waals surface area contributed by atoms with Crippen LogP contribution in [-0.4, -0.2) is 72.7 Å². The maximum atomic E-state index is 12.8. The molecule has 2 aliphatic heterocycles. The Kier molecular flexibility index (Phi) is 9.11. The minimum Gasteiger partial charge on any atom is -0.497 e. The van der Waals surface area contributed by atoms with E-state index in [-0.39, 0.29) is 30.5 Å². The number of aliphatic carboxylic acids is 1. The Labute approximate surface area is 237 Å². The summed E-state index contributed by atoms with van der Waals surface area (Å²) in [5.41, 5.74) is 1.85. The zero-order chi connectivity index (χ0) is 29.0. The van der Waals surface area contributed by atoms with Crippen molar-refractivity contribution in [3.05, 3.63) is 41.6 Å². The van der Waals surface area contributed by atoms with Crippen molar-refractivity contribution < 1.29 is 42.0 Å². The Morgan fingerprint density at radius 1 is 1.02 bits per heavy atom. The Hall–Kier alpha value is -3.21. The van der Waals surface area contributed by atoms with Gasteiger partial charge in [-0.3, -0.25) is 9.69 Å². The summed E-state index contributed by atoms with van der Waals surface area (Å²) in [6, 6.07) is 7.56. The minimum atomic E-state index is -4.18. The van der Waals surface area contributed by atoms with Gasteiger partial charge in [0.25, 0.3) is 0 Å². The van der Waals surface area contributed by atoms with Gasteiger partial charge in [0.05, 0.1) is 39.0 Å². The predicted molar refractivity (Wildman–Crippen MR) is 144 cm³/mol. The van der Waals surface area contributed by atoms with Gasteiger partial charge in [-0.1, -0.05) is 6.07 Å². The molecule has 3 heterocycles. The van der Waals surface area contributed by atoms with Crippen molar-refractivity contribution in [2.24, 2.45) is 0 Å². The van der Waals surface area contributed by atoms with Crippen LogP contribution in [0.3, 0.4) is 0 Å². The second-order valence-corrected chi connectivity index (χ2v) is 11.2. The number of likely N-dealkylation sites (tertiary alicyclic amines) is 1. The summed E-state index contributed by atoms with van der Waals surface area (Å²) in [5.74, 6) is 1.67. The number of carboxylic acid groups (broad SMARTS) is 1. The van der Waals surface area contributed by atoms with Gasteiger partial charge in [-0.15, -0.1) is 0 Å². The Morgan fingerprint density at radius 2 is 1.73 bits per heavy atom. The van der Waals surface area contributed by atoms with Crippen molar-refractivity contribution in [3.63, 3.8) is 0 Å². The van der Waals surface area contributed by atoms with Gasteiger partial charge in [0.15, 0.2) is 0 Å². The van der Waals surface area contributed by atoms with Crippen molar-refractivity contribution in [1.29, 1.82) is 0 Å². The van der Waals surface area contributed by atoms with E-state index >= 15 is 0 Å². The summed E-state index contributed by atoms with van der Waals surface area (Å²) >= 11 is 0. The maximum absolute atomic E-state index is 12.8. The molecular weight excluding hydrogens is 541 g/mol. The van der Waals surface area contributed by atoms with Crippen molar-refractivity contribution >= 4 is 5.97 Å². The first kappa shape index (κ1) is 29.3. The van der Waals surface area contributed by atoms with Gasteiger partial charge in [0, 0.05) is 23.6 Å². The monoisotopic (exact) mass is 578 g/mol. The molecule has 11 heteroatoms. The molecule has 3 aliphatic rings. The van der Waals surface area contributed by atoms with Crippen molar-refractivity contribution in [2.45, 2.75) is 81.6 Å². The number of halogens is 3. The zero-order valence-corrected chi connectivity index (χ0v) is 23.2. The van der Waals surface area contributed by atoms with Crippen LogP contribution in [0.4, 0.5) is 13.2 Å². The molecule has 2 aromatic rings. The molecule has 1 saturated carbocycles. The summed E-state index contributed by atoms with van der Waals surface area (Å²) in [5, 5.41) is 9.27. The van der Waals surface area contributed by atoms with E-state index in [0.29, 0.717) is 56.3 Å². The molecule has 1 aromatic carbocycles. The van der Waals surface area contributed by atoms with Gasteiger partial charge < -0.3 is 24.1 Å². The van der Waals surface area contributed by atoms with Crippen LogP contribution < -0.4 is 18.9 Å². The van der Waals surface area contributed by atoms with Crippen LogP contribution in [0.2, 0.25) is 0 Å². The lowest BCUT2D eigenvalue weighted by atomic mass is 9.88. The first-order valence-corrected chi connectivity index (χ1v) is 14.3. The number of nitrogens with zero attached hydrogens (tertiary/aromatic N) is 2. The first-order chi connectivity index (χ1) is 19.7. The second kappa shape index (κ2) is 12.8. The Balaban J connectivity index is 1.18. The number of pyridine rings is 1. The van der Waals surface area contributed by atoms with Crippen LogP contribution >= 0.6 is 0 Å². The summed E-state index contributed by atoms with van der Waals surface area (Å²) < 4.78 is 62.3. The highest BCUT2D eigenvalue weighted by Gasteiger charge is 2.34. The summed E-state index contributed by atoms with van der Waals surface area (Å²) in [6.07, 6.45) is 2.45. The van der Waals surface area contributed by atoms with Crippen LogP contribution in [-0.2, 0) is 4.79 Å². The number of carboxylic acids is 1. The maximum Gasteiger partial charge on any atom is 0.401 e. The second-order valence-electron chi connectivity index (χ2n) is 11.2. The average Bonchev–Trinajstić information content (AvgIpc) is 2.94. The van der Waals surface area contributed by atoms with Gasteiger partial charge in [-0.05, 0) is 75.6 Å². The van der Waals surface area contributed by atoms with Crippen molar-refractivity contribution in [3.8, 4) is 23.1 Å². The number of hydrogen-bond acceptors (Lipinski definition) is 7. The first-order valence-electron chi connectivity index (χ1n) is 14.3. The molecule has 2 fully saturated rings. The summed E-state index contributed by atoms with van der Waals surface area (Å²) in [6.45, 7) is 0.410.